The van der Waals surface area contributed by atoms with Crippen LogP contribution in [0.25, 0.3) is 11.0 Å². The van der Waals surface area contributed by atoms with E-state index in [1.807, 2.05) is 29.8 Å². The lowest BCUT2D eigenvalue weighted by atomic mass is 10.1. The van der Waals surface area contributed by atoms with Gasteiger partial charge in [-0.05, 0) is 25.1 Å². The maximum absolute atomic E-state index is 5.82. The molecule has 2 aromatic rings. The highest BCUT2D eigenvalue weighted by Gasteiger charge is 2.16. The molecule has 3 rings (SSSR count). The zero-order valence-corrected chi connectivity index (χ0v) is 10.0. The van der Waals surface area contributed by atoms with Crippen LogP contribution in [0.5, 0.6) is 6.01 Å². The van der Waals surface area contributed by atoms with Crippen molar-refractivity contribution in [3.8, 4) is 6.01 Å². The summed E-state index contributed by atoms with van der Waals surface area (Å²) in [5.74, 6) is 0.620. The lowest BCUT2D eigenvalue weighted by Crippen LogP contribution is -2.16. The molecule has 1 saturated heterocycles. The molecule has 4 heteroatoms. The molecule has 0 radical (unpaired) electrons. The second-order valence-electron chi connectivity index (χ2n) is 4.61. The minimum absolute atomic E-state index is 0.620. The van der Waals surface area contributed by atoms with E-state index in [0.29, 0.717) is 5.92 Å². The number of hydrogen-bond donors (Lipinski definition) is 1. The van der Waals surface area contributed by atoms with Gasteiger partial charge in [-0.2, -0.15) is 4.98 Å². The van der Waals surface area contributed by atoms with Gasteiger partial charge in [0.15, 0.2) is 0 Å². The van der Waals surface area contributed by atoms with Crippen LogP contribution in [0.1, 0.15) is 6.42 Å². The molecule has 0 bridgehead atoms. The molecule has 0 spiro atoms. The highest BCUT2D eigenvalue weighted by Crippen LogP contribution is 2.20. The van der Waals surface area contributed by atoms with E-state index >= 15 is 0 Å². The van der Waals surface area contributed by atoms with E-state index in [0.717, 1.165) is 36.7 Å². The highest BCUT2D eigenvalue weighted by molar-refractivity contribution is 5.76. The Hall–Kier alpha value is -1.55. The molecule has 1 fully saturated rings. The van der Waals surface area contributed by atoms with E-state index in [4.69, 9.17) is 4.74 Å². The normalized spacial score (nSPS) is 19.9. The molecule has 0 amide bonds. The maximum atomic E-state index is 5.82. The van der Waals surface area contributed by atoms with Crippen LogP contribution in [-0.2, 0) is 7.05 Å². The lowest BCUT2D eigenvalue weighted by molar-refractivity contribution is 0.236. The first-order chi connectivity index (χ1) is 8.34. The smallest absolute Gasteiger partial charge is 0.297 e. The van der Waals surface area contributed by atoms with Crippen molar-refractivity contribution in [3.63, 3.8) is 0 Å². The third kappa shape index (κ3) is 2.00. The Labute approximate surface area is 101 Å². The molecule has 1 atom stereocenters. The molecular formula is C13H17N3O. The van der Waals surface area contributed by atoms with Gasteiger partial charge in [0.05, 0.1) is 17.6 Å². The molecule has 1 aliphatic heterocycles. The molecule has 17 heavy (non-hydrogen) atoms. The molecular weight excluding hydrogens is 214 g/mol. The van der Waals surface area contributed by atoms with E-state index < -0.39 is 0 Å². The van der Waals surface area contributed by atoms with Gasteiger partial charge in [-0.3, -0.25) is 4.57 Å². The summed E-state index contributed by atoms with van der Waals surface area (Å²) in [6.45, 7) is 2.92. The summed E-state index contributed by atoms with van der Waals surface area (Å²) in [5.41, 5.74) is 2.11. The van der Waals surface area contributed by atoms with Crippen LogP contribution in [0.3, 0.4) is 0 Å². The van der Waals surface area contributed by atoms with Crippen LogP contribution in [0.4, 0.5) is 0 Å². The molecule has 1 aromatic heterocycles. The van der Waals surface area contributed by atoms with Crippen molar-refractivity contribution in [1.82, 2.24) is 14.9 Å². The number of nitrogens with zero attached hydrogens (tertiary/aromatic N) is 2. The molecule has 0 saturated carbocycles. The molecule has 1 aromatic carbocycles. The zero-order valence-electron chi connectivity index (χ0n) is 10.0. The van der Waals surface area contributed by atoms with Gasteiger partial charge in [0, 0.05) is 19.5 Å². The fourth-order valence-electron chi connectivity index (χ4n) is 2.30. The summed E-state index contributed by atoms with van der Waals surface area (Å²) in [5, 5.41) is 3.34. The lowest BCUT2D eigenvalue weighted by Gasteiger charge is -2.09. The van der Waals surface area contributed by atoms with E-state index in [-0.39, 0.29) is 0 Å². The predicted octanol–water partition coefficient (Wildman–Crippen LogP) is 1.56. The van der Waals surface area contributed by atoms with E-state index in [1.165, 1.54) is 6.42 Å². The summed E-state index contributed by atoms with van der Waals surface area (Å²) in [6, 6.07) is 8.82. The van der Waals surface area contributed by atoms with Crippen molar-refractivity contribution in [3.05, 3.63) is 24.3 Å². The number of imidazole rings is 1. The molecule has 1 unspecified atom stereocenters. The summed E-state index contributed by atoms with van der Waals surface area (Å²) >= 11 is 0. The van der Waals surface area contributed by atoms with Gasteiger partial charge in [-0.15, -0.1) is 0 Å². The number of hydrogen-bond acceptors (Lipinski definition) is 3. The fraction of sp³-hybridized carbons (Fsp3) is 0.462. The van der Waals surface area contributed by atoms with Crippen LogP contribution < -0.4 is 10.1 Å². The monoisotopic (exact) mass is 231 g/mol. The third-order valence-electron chi connectivity index (χ3n) is 3.36. The average Bonchev–Trinajstić information content (AvgIpc) is 2.96. The molecule has 1 aliphatic rings. The summed E-state index contributed by atoms with van der Waals surface area (Å²) in [4.78, 5) is 4.49. The molecule has 90 valence electrons. The van der Waals surface area contributed by atoms with Gasteiger partial charge >= 0.3 is 0 Å². The average molecular weight is 231 g/mol. The Morgan fingerprint density at radius 3 is 3.12 bits per heavy atom. The van der Waals surface area contributed by atoms with Crippen molar-refractivity contribution in [2.24, 2.45) is 13.0 Å². The molecule has 1 N–H and O–H groups in total. The summed E-state index contributed by atoms with van der Waals surface area (Å²) in [6.07, 6.45) is 1.20. The first-order valence-corrected chi connectivity index (χ1v) is 6.09. The standard InChI is InChI=1S/C13H17N3O/c1-16-12-5-3-2-4-11(12)15-13(16)17-9-10-6-7-14-8-10/h2-5,10,14H,6-9H2,1H3. The van der Waals surface area contributed by atoms with Gasteiger partial charge in [-0.1, -0.05) is 12.1 Å². The number of benzene rings is 1. The number of nitrogens with one attached hydrogen (secondary N) is 1. The minimum Gasteiger partial charge on any atom is -0.464 e. The fourth-order valence-corrected chi connectivity index (χ4v) is 2.30. The van der Waals surface area contributed by atoms with E-state index in [1.54, 1.807) is 0 Å². The van der Waals surface area contributed by atoms with Crippen LogP contribution in [0.2, 0.25) is 0 Å². The van der Waals surface area contributed by atoms with Crippen molar-refractivity contribution in [1.29, 1.82) is 0 Å². The Morgan fingerprint density at radius 1 is 1.47 bits per heavy atom. The third-order valence-corrected chi connectivity index (χ3v) is 3.36. The van der Waals surface area contributed by atoms with Crippen LogP contribution >= 0.6 is 0 Å². The van der Waals surface area contributed by atoms with Crippen molar-refractivity contribution < 1.29 is 4.74 Å². The van der Waals surface area contributed by atoms with Crippen LogP contribution in [-0.4, -0.2) is 29.2 Å². The summed E-state index contributed by atoms with van der Waals surface area (Å²) < 4.78 is 7.83. The topological polar surface area (TPSA) is 39.1 Å². The van der Waals surface area contributed by atoms with Crippen LogP contribution in [0, 0.1) is 5.92 Å². The number of para-hydroxylation sites is 2. The Morgan fingerprint density at radius 2 is 2.35 bits per heavy atom. The van der Waals surface area contributed by atoms with Crippen molar-refractivity contribution in [2.75, 3.05) is 19.7 Å². The molecule has 0 aliphatic carbocycles. The van der Waals surface area contributed by atoms with Gasteiger partial charge in [0.25, 0.3) is 6.01 Å². The predicted molar refractivity (Wildman–Crippen MR) is 67.2 cm³/mol. The zero-order chi connectivity index (χ0) is 11.7. The van der Waals surface area contributed by atoms with Gasteiger partial charge < -0.3 is 10.1 Å². The van der Waals surface area contributed by atoms with E-state index in [9.17, 15) is 0 Å². The number of aryl methyl sites for hydroxylation is 1. The first kappa shape index (κ1) is 10.6. The SMILES string of the molecule is Cn1c(OCC2CCNC2)nc2ccccc21. The second-order valence-corrected chi connectivity index (χ2v) is 4.61. The largest absolute Gasteiger partial charge is 0.464 e. The van der Waals surface area contributed by atoms with Crippen molar-refractivity contribution in [2.45, 2.75) is 6.42 Å². The number of ether oxygens (including phenoxy) is 1. The second kappa shape index (κ2) is 4.37. The van der Waals surface area contributed by atoms with E-state index in [2.05, 4.69) is 16.4 Å². The number of fused-ring (bicyclic) bond motifs is 1. The van der Waals surface area contributed by atoms with Crippen molar-refractivity contribution >= 4 is 11.0 Å². The molecule has 4 nitrogen and oxygen atoms in total. The summed E-state index contributed by atoms with van der Waals surface area (Å²) in [7, 11) is 2.00. The highest BCUT2D eigenvalue weighted by atomic mass is 16.5. The van der Waals surface area contributed by atoms with Crippen LogP contribution in [0.15, 0.2) is 24.3 Å². The molecule has 2 heterocycles. The quantitative estimate of drug-likeness (QED) is 0.871. The maximum Gasteiger partial charge on any atom is 0.297 e. The first-order valence-electron chi connectivity index (χ1n) is 6.09. The van der Waals surface area contributed by atoms with Gasteiger partial charge in [0.2, 0.25) is 0 Å². The number of aromatic nitrogens is 2. The Kier molecular flexibility index (Phi) is 2.73. The Balaban J connectivity index is 1.78. The Bertz CT molecular complexity index is 514. The van der Waals surface area contributed by atoms with Gasteiger partial charge in [0.1, 0.15) is 0 Å². The minimum atomic E-state index is 0.620. The number of rotatable bonds is 3. The van der Waals surface area contributed by atoms with Gasteiger partial charge in [-0.25, -0.2) is 0 Å².